The van der Waals surface area contributed by atoms with E-state index in [9.17, 15) is 4.79 Å². The third kappa shape index (κ3) is 1.00. The molecule has 54 valence electrons. The van der Waals surface area contributed by atoms with E-state index in [1.165, 1.54) is 12.8 Å². The average molecular weight is 136 g/mol. The molecule has 0 bridgehead atoms. The molecule has 0 unspecified atom stereocenters. The van der Waals surface area contributed by atoms with Gasteiger partial charge in [-0.2, -0.15) is 0 Å². The second kappa shape index (κ2) is 2.22. The molecule has 0 aromatic rings. The predicted molar refractivity (Wildman–Crippen MR) is 39.7 cm³/mol. The Bertz CT molecular complexity index is 187. The van der Waals surface area contributed by atoms with E-state index in [1.54, 1.807) is 0 Å². The molecule has 0 aromatic heterocycles. The van der Waals surface area contributed by atoms with E-state index in [0.717, 1.165) is 24.8 Å². The SMILES string of the molecule is O=C1CCCC=C1C1CC1. The zero-order valence-corrected chi connectivity index (χ0v) is 6.10. The van der Waals surface area contributed by atoms with Crippen molar-refractivity contribution >= 4 is 5.78 Å². The molecule has 0 aliphatic heterocycles. The molecular weight excluding hydrogens is 124 g/mol. The molecule has 0 aromatic carbocycles. The average Bonchev–Trinajstić information content (AvgIpc) is 2.71. The Hall–Kier alpha value is -0.590. The van der Waals surface area contributed by atoms with E-state index in [2.05, 4.69) is 6.08 Å². The largest absolute Gasteiger partial charge is 0.295 e. The fraction of sp³-hybridized carbons (Fsp3) is 0.667. The summed E-state index contributed by atoms with van der Waals surface area (Å²) in [7, 11) is 0. The fourth-order valence-corrected chi connectivity index (χ4v) is 1.57. The number of rotatable bonds is 1. The van der Waals surface area contributed by atoms with E-state index in [4.69, 9.17) is 0 Å². The van der Waals surface area contributed by atoms with Crippen LogP contribution in [0, 0.1) is 5.92 Å². The highest BCUT2D eigenvalue weighted by molar-refractivity contribution is 5.96. The van der Waals surface area contributed by atoms with Gasteiger partial charge >= 0.3 is 0 Å². The van der Waals surface area contributed by atoms with Crippen LogP contribution in [0.5, 0.6) is 0 Å². The Morgan fingerprint density at radius 1 is 1.40 bits per heavy atom. The minimum Gasteiger partial charge on any atom is -0.295 e. The Kier molecular flexibility index (Phi) is 1.37. The number of allylic oxidation sites excluding steroid dienone is 2. The molecule has 0 amide bonds. The molecule has 2 aliphatic carbocycles. The summed E-state index contributed by atoms with van der Waals surface area (Å²) in [6.45, 7) is 0. The maximum Gasteiger partial charge on any atom is 0.158 e. The van der Waals surface area contributed by atoms with Crippen molar-refractivity contribution in [1.82, 2.24) is 0 Å². The maximum absolute atomic E-state index is 11.2. The maximum atomic E-state index is 11.2. The lowest BCUT2D eigenvalue weighted by Gasteiger charge is -2.09. The first kappa shape index (κ1) is 6.14. The summed E-state index contributed by atoms with van der Waals surface area (Å²) in [5.41, 5.74) is 1.16. The second-order valence-corrected chi connectivity index (χ2v) is 3.25. The molecule has 0 radical (unpaired) electrons. The lowest BCUT2D eigenvalue weighted by Crippen LogP contribution is -2.08. The zero-order valence-electron chi connectivity index (χ0n) is 6.10. The van der Waals surface area contributed by atoms with Crippen molar-refractivity contribution in [2.75, 3.05) is 0 Å². The van der Waals surface area contributed by atoms with Gasteiger partial charge in [0.15, 0.2) is 5.78 Å². The minimum absolute atomic E-state index is 0.425. The molecule has 0 atom stereocenters. The van der Waals surface area contributed by atoms with E-state index in [1.807, 2.05) is 0 Å². The number of hydrogen-bond acceptors (Lipinski definition) is 1. The van der Waals surface area contributed by atoms with Crippen LogP contribution in [0.1, 0.15) is 32.1 Å². The first-order valence-corrected chi connectivity index (χ1v) is 4.11. The molecule has 0 N–H and O–H groups in total. The van der Waals surface area contributed by atoms with Gasteiger partial charge in [-0.15, -0.1) is 0 Å². The normalized spacial score (nSPS) is 26.4. The highest BCUT2D eigenvalue weighted by Crippen LogP contribution is 2.39. The lowest BCUT2D eigenvalue weighted by molar-refractivity contribution is -0.116. The van der Waals surface area contributed by atoms with Crippen LogP contribution in [-0.2, 0) is 4.79 Å². The highest BCUT2D eigenvalue weighted by atomic mass is 16.1. The fourth-order valence-electron chi connectivity index (χ4n) is 1.57. The summed E-state index contributed by atoms with van der Waals surface area (Å²) in [5, 5.41) is 0. The van der Waals surface area contributed by atoms with Crippen LogP contribution >= 0.6 is 0 Å². The molecule has 0 saturated heterocycles. The van der Waals surface area contributed by atoms with E-state index < -0.39 is 0 Å². The van der Waals surface area contributed by atoms with Crippen LogP contribution < -0.4 is 0 Å². The Labute approximate surface area is 61.1 Å². The van der Waals surface area contributed by atoms with Crippen LogP contribution in [0.25, 0.3) is 0 Å². The van der Waals surface area contributed by atoms with Gasteiger partial charge in [0, 0.05) is 6.42 Å². The lowest BCUT2D eigenvalue weighted by atomic mass is 9.95. The van der Waals surface area contributed by atoms with E-state index in [0.29, 0.717) is 11.7 Å². The molecule has 1 nitrogen and oxygen atoms in total. The molecule has 1 saturated carbocycles. The number of Topliss-reactive ketones (excluding diaryl/α,β-unsaturated/α-hetero) is 1. The van der Waals surface area contributed by atoms with Gasteiger partial charge in [0.25, 0.3) is 0 Å². The standard InChI is InChI=1S/C9H12O/c10-9-4-2-1-3-8(9)7-5-6-7/h3,7H,1-2,4-6H2. The quantitative estimate of drug-likeness (QED) is 0.539. The van der Waals surface area contributed by atoms with Gasteiger partial charge < -0.3 is 0 Å². The summed E-state index contributed by atoms with van der Waals surface area (Å²) in [5.74, 6) is 1.10. The van der Waals surface area contributed by atoms with Crippen LogP contribution in [0.3, 0.4) is 0 Å². The van der Waals surface area contributed by atoms with Gasteiger partial charge in [0.1, 0.15) is 0 Å². The Morgan fingerprint density at radius 2 is 2.20 bits per heavy atom. The molecule has 10 heavy (non-hydrogen) atoms. The van der Waals surface area contributed by atoms with Crippen molar-refractivity contribution in [3.63, 3.8) is 0 Å². The third-order valence-corrected chi connectivity index (χ3v) is 2.31. The van der Waals surface area contributed by atoms with Crippen molar-refractivity contribution < 1.29 is 4.79 Å². The van der Waals surface area contributed by atoms with Crippen molar-refractivity contribution in [2.45, 2.75) is 32.1 Å². The summed E-state index contributed by atoms with van der Waals surface area (Å²) < 4.78 is 0. The summed E-state index contributed by atoms with van der Waals surface area (Å²) in [4.78, 5) is 11.2. The molecular formula is C9H12O. The van der Waals surface area contributed by atoms with Gasteiger partial charge in [-0.05, 0) is 37.2 Å². The van der Waals surface area contributed by atoms with Gasteiger partial charge in [-0.1, -0.05) is 6.08 Å². The molecule has 2 aliphatic rings. The summed E-state index contributed by atoms with van der Waals surface area (Å²) in [6.07, 6.45) is 7.70. The first-order chi connectivity index (χ1) is 4.88. The smallest absolute Gasteiger partial charge is 0.158 e. The van der Waals surface area contributed by atoms with Crippen LogP contribution in [-0.4, -0.2) is 5.78 Å². The second-order valence-electron chi connectivity index (χ2n) is 3.25. The molecule has 0 spiro atoms. The zero-order chi connectivity index (χ0) is 6.97. The van der Waals surface area contributed by atoms with Gasteiger partial charge in [-0.3, -0.25) is 4.79 Å². The molecule has 2 rings (SSSR count). The van der Waals surface area contributed by atoms with Crippen molar-refractivity contribution in [3.8, 4) is 0 Å². The topological polar surface area (TPSA) is 17.1 Å². The van der Waals surface area contributed by atoms with Crippen molar-refractivity contribution in [2.24, 2.45) is 5.92 Å². The summed E-state index contributed by atoms with van der Waals surface area (Å²) >= 11 is 0. The number of carbonyl (C=O) groups excluding carboxylic acids is 1. The Balaban J connectivity index is 2.14. The highest BCUT2D eigenvalue weighted by Gasteiger charge is 2.30. The molecule has 0 heterocycles. The van der Waals surface area contributed by atoms with Crippen LogP contribution in [0.4, 0.5) is 0 Å². The van der Waals surface area contributed by atoms with Crippen LogP contribution in [0.2, 0.25) is 0 Å². The summed E-state index contributed by atoms with van der Waals surface area (Å²) in [6, 6.07) is 0. The number of hydrogen-bond donors (Lipinski definition) is 0. The van der Waals surface area contributed by atoms with E-state index >= 15 is 0 Å². The van der Waals surface area contributed by atoms with Crippen molar-refractivity contribution in [1.29, 1.82) is 0 Å². The third-order valence-electron chi connectivity index (χ3n) is 2.31. The van der Waals surface area contributed by atoms with Crippen molar-refractivity contribution in [3.05, 3.63) is 11.6 Å². The van der Waals surface area contributed by atoms with Gasteiger partial charge in [-0.25, -0.2) is 0 Å². The predicted octanol–water partition coefficient (Wildman–Crippen LogP) is 2.08. The molecule has 1 heteroatoms. The number of carbonyl (C=O) groups is 1. The monoisotopic (exact) mass is 136 g/mol. The molecule has 1 fully saturated rings. The Morgan fingerprint density at radius 3 is 2.80 bits per heavy atom. The first-order valence-electron chi connectivity index (χ1n) is 4.11. The van der Waals surface area contributed by atoms with E-state index in [-0.39, 0.29) is 0 Å². The number of ketones is 1. The van der Waals surface area contributed by atoms with Crippen LogP contribution in [0.15, 0.2) is 11.6 Å². The van der Waals surface area contributed by atoms with Gasteiger partial charge in [0.05, 0.1) is 0 Å². The van der Waals surface area contributed by atoms with Gasteiger partial charge in [0.2, 0.25) is 0 Å². The minimum atomic E-state index is 0.425.